The largest absolute Gasteiger partial charge is 0.493 e. The van der Waals surface area contributed by atoms with Crippen molar-refractivity contribution in [2.45, 2.75) is 43.4 Å². The zero-order valence-corrected chi connectivity index (χ0v) is 20.1. The normalized spacial score (nSPS) is 16.9. The van der Waals surface area contributed by atoms with E-state index in [1.165, 1.54) is 6.20 Å². The van der Waals surface area contributed by atoms with Crippen LogP contribution in [-0.2, 0) is 9.84 Å². The third-order valence-corrected chi connectivity index (χ3v) is 8.12. The van der Waals surface area contributed by atoms with Crippen LogP contribution >= 0.6 is 0 Å². The number of piperidine rings is 1. The molecule has 7 heteroatoms. The fourth-order valence-corrected chi connectivity index (χ4v) is 5.93. The molecule has 1 saturated heterocycles. The van der Waals surface area contributed by atoms with E-state index in [2.05, 4.69) is 16.8 Å². The zero-order chi connectivity index (χ0) is 23.0. The van der Waals surface area contributed by atoms with E-state index < -0.39 is 9.84 Å². The molecule has 0 aliphatic carbocycles. The van der Waals surface area contributed by atoms with Gasteiger partial charge in [-0.3, -0.25) is 4.98 Å². The Labute approximate surface area is 190 Å². The Hall–Kier alpha value is -2.80. The zero-order valence-electron chi connectivity index (χ0n) is 19.3. The minimum atomic E-state index is -3.78. The molecule has 2 aromatic carbocycles. The molecule has 1 aromatic heterocycles. The van der Waals surface area contributed by atoms with Crippen LogP contribution in [0.3, 0.4) is 0 Å². The molecule has 0 N–H and O–H groups in total. The summed E-state index contributed by atoms with van der Waals surface area (Å²) in [5.41, 5.74) is 3.37. The van der Waals surface area contributed by atoms with Crippen LogP contribution in [0, 0.1) is 19.8 Å². The Morgan fingerprint density at radius 1 is 1.03 bits per heavy atom. The van der Waals surface area contributed by atoms with Crippen molar-refractivity contribution in [3.05, 3.63) is 47.7 Å². The van der Waals surface area contributed by atoms with Crippen molar-refractivity contribution >= 4 is 26.4 Å². The number of rotatable bonds is 5. The van der Waals surface area contributed by atoms with Gasteiger partial charge in [0.15, 0.2) is 11.5 Å². The van der Waals surface area contributed by atoms with Crippen molar-refractivity contribution in [3.63, 3.8) is 0 Å². The number of pyridine rings is 1. The molecule has 32 heavy (non-hydrogen) atoms. The average Bonchev–Trinajstić information content (AvgIpc) is 2.78. The molecular weight excluding hydrogens is 424 g/mol. The van der Waals surface area contributed by atoms with Crippen LogP contribution < -0.4 is 14.4 Å². The molecule has 0 saturated carbocycles. The van der Waals surface area contributed by atoms with Gasteiger partial charge in [-0.2, -0.15) is 0 Å². The molecule has 1 atom stereocenters. The molecule has 1 aliphatic rings. The highest BCUT2D eigenvalue weighted by atomic mass is 32.2. The molecule has 170 valence electrons. The Kier molecular flexibility index (Phi) is 6.03. The van der Waals surface area contributed by atoms with Crippen LogP contribution in [0.2, 0.25) is 0 Å². The lowest BCUT2D eigenvalue weighted by molar-refractivity contribution is 0.355. The first-order chi connectivity index (χ1) is 15.3. The first-order valence-corrected chi connectivity index (χ1v) is 12.4. The maximum atomic E-state index is 13.8. The van der Waals surface area contributed by atoms with Gasteiger partial charge in [0.05, 0.1) is 30.3 Å². The van der Waals surface area contributed by atoms with E-state index in [-0.39, 0.29) is 9.79 Å². The van der Waals surface area contributed by atoms with Crippen LogP contribution in [0.4, 0.5) is 5.69 Å². The summed E-state index contributed by atoms with van der Waals surface area (Å²) in [5, 5.41) is 0.752. The lowest BCUT2D eigenvalue weighted by Gasteiger charge is -2.34. The van der Waals surface area contributed by atoms with Crippen molar-refractivity contribution in [2.75, 3.05) is 32.2 Å². The summed E-state index contributed by atoms with van der Waals surface area (Å²) >= 11 is 0. The van der Waals surface area contributed by atoms with Gasteiger partial charge in [-0.25, -0.2) is 8.42 Å². The van der Waals surface area contributed by atoms with E-state index in [1.807, 2.05) is 26.0 Å². The first kappa shape index (κ1) is 22.4. The summed E-state index contributed by atoms with van der Waals surface area (Å²) < 4.78 is 38.6. The van der Waals surface area contributed by atoms with E-state index in [4.69, 9.17) is 9.47 Å². The molecule has 0 radical (unpaired) electrons. The van der Waals surface area contributed by atoms with E-state index in [0.717, 1.165) is 42.4 Å². The lowest BCUT2D eigenvalue weighted by atomic mass is 9.99. The van der Waals surface area contributed by atoms with Gasteiger partial charge in [0, 0.05) is 30.7 Å². The SMILES string of the molecule is COc1cc2ncc(S(=O)(=O)c3ccc(C)c(C)c3)c(N3CCCC(C)C3)c2cc1OC. The molecule has 3 aromatic rings. The minimum absolute atomic E-state index is 0.231. The number of sulfone groups is 1. The standard InChI is InChI=1S/C25H30N2O4S/c1-16-7-6-10-27(15-16)25-20-12-22(30-4)23(31-5)13-21(20)26-14-24(25)32(28,29)19-9-8-17(2)18(3)11-19/h8-9,11-14,16H,6-7,10,15H2,1-5H3. The predicted octanol–water partition coefficient (Wildman–Crippen LogP) is 4.94. The summed E-state index contributed by atoms with van der Waals surface area (Å²) in [5.74, 6) is 1.59. The summed E-state index contributed by atoms with van der Waals surface area (Å²) in [6.45, 7) is 7.70. The van der Waals surface area contributed by atoms with Gasteiger partial charge in [0.25, 0.3) is 0 Å². The van der Waals surface area contributed by atoms with Crippen LogP contribution in [0.25, 0.3) is 10.9 Å². The van der Waals surface area contributed by atoms with E-state index >= 15 is 0 Å². The molecule has 0 spiro atoms. The molecule has 4 rings (SSSR count). The summed E-state index contributed by atoms with van der Waals surface area (Å²) in [4.78, 5) is 7.24. The Balaban J connectivity index is 2.01. The maximum Gasteiger partial charge on any atom is 0.210 e. The van der Waals surface area contributed by atoms with Gasteiger partial charge in [0.2, 0.25) is 9.84 Å². The third kappa shape index (κ3) is 3.90. The number of aryl methyl sites for hydroxylation is 2. The molecule has 0 amide bonds. The number of ether oxygens (including phenoxy) is 2. The van der Waals surface area contributed by atoms with Crippen LogP contribution in [-0.4, -0.2) is 40.7 Å². The minimum Gasteiger partial charge on any atom is -0.493 e. The van der Waals surface area contributed by atoms with Crippen molar-refractivity contribution < 1.29 is 17.9 Å². The quantitative estimate of drug-likeness (QED) is 0.544. The summed E-state index contributed by atoms with van der Waals surface area (Å²) in [7, 11) is -0.621. The van der Waals surface area contributed by atoms with Gasteiger partial charge in [-0.15, -0.1) is 0 Å². The smallest absolute Gasteiger partial charge is 0.210 e. The number of anilines is 1. The van der Waals surface area contributed by atoms with Crippen molar-refractivity contribution in [3.8, 4) is 11.5 Å². The molecule has 1 aliphatic heterocycles. The highest BCUT2D eigenvalue weighted by molar-refractivity contribution is 7.91. The third-order valence-electron chi connectivity index (χ3n) is 6.36. The topological polar surface area (TPSA) is 68.7 Å². The van der Waals surface area contributed by atoms with Crippen LogP contribution in [0.15, 0.2) is 46.3 Å². The highest BCUT2D eigenvalue weighted by Gasteiger charge is 2.29. The monoisotopic (exact) mass is 454 g/mol. The van der Waals surface area contributed by atoms with Crippen molar-refractivity contribution in [2.24, 2.45) is 5.92 Å². The fraction of sp³-hybridized carbons (Fsp3) is 0.400. The van der Waals surface area contributed by atoms with Crippen molar-refractivity contribution in [1.82, 2.24) is 4.98 Å². The molecular formula is C25H30N2O4S. The number of methoxy groups -OCH3 is 2. The number of fused-ring (bicyclic) bond motifs is 1. The van der Waals surface area contributed by atoms with Gasteiger partial charge < -0.3 is 14.4 Å². The van der Waals surface area contributed by atoms with E-state index in [9.17, 15) is 8.42 Å². The Morgan fingerprint density at radius 3 is 2.41 bits per heavy atom. The van der Waals surface area contributed by atoms with Crippen LogP contribution in [0.5, 0.6) is 11.5 Å². The fourth-order valence-electron chi connectivity index (χ4n) is 4.41. The second-order valence-electron chi connectivity index (χ2n) is 8.64. The second-order valence-corrected chi connectivity index (χ2v) is 10.6. The van der Waals surface area contributed by atoms with Crippen LogP contribution in [0.1, 0.15) is 30.9 Å². The number of hydrogen-bond acceptors (Lipinski definition) is 6. The molecule has 2 heterocycles. The average molecular weight is 455 g/mol. The Morgan fingerprint density at radius 2 is 1.75 bits per heavy atom. The van der Waals surface area contributed by atoms with Crippen molar-refractivity contribution in [1.29, 1.82) is 0 Å². The van der Waals surface area contributed by atoms with Gasteiger partial charge >= 0.3 is 0 Å². The number of benzene rings is 2. The number of hydrogen-bond donors (Lipinski definition) is 0. The molecule has 0 bridgehead atoms. The second kappa shape index (κ2) is 8.62. The first-order valence-electron chi connectivity index (χ1n) is 10.9. The van der Waals surface area contributed by atoms with Gasteiger partial charge in [0.1, 0.15) is 4.90 Å². The summed E-state index contributed by atoms with van der Waals surface area (Å²) in [6.07, 6.45) is 3.64. The highest BCUT2D eigenvalue weighted by Crippen LogP contribution is 2.41. The maximum absolute atomic E-state index is 13.8. The number of nitrogens with zero attached hydrogens (tertiary/aromatic N) is 2. The summed E-state index contributed by atoms with van der Waals surface area (Å²) in [6, 6.07) is 8.92. The Bertz CT molecular complexity index is 1270. The predicted molar refractivity (Wildman–Crippen MR) is 127 cm³/mol. The van der Waals surface area contributed by atoms with Gasteiger partial charge in [-0.1, -0.05) is 13.0 Å². The number of aromatic nitrogens is 1. The molecule has 6 nitrogen and oxygen atoms in total. The molecule has 1 fully saturated rings. The van der Waals surface area contributed by atoms with Gasteiger partial charge in [-0.05, 0) is 61.9 Å². The van der Waals surface area contributed by atoms with E-state index in [0.29, 0.717) is 28.6 Å². The lowest BCUT2D eigenvalue weighted by Crippen LogP contribution is -2.35. The van der Waals surface area contributed by atoms with E-state index in [1.54, 1.807) is 32.4 Å². The molecule has 1 unspecified atom stereocenters.